The van der Waals surface area contributed by atoms with E-state index in [0.29, 0.717) is 35.3 Å². The fraction of sp³-hybridized carbons (Fsp3) is 0.286. The topological polar surface area (TPSA) is 79.6 Å². The molecule has 1 fully saturated rings. The van der Waals surface area contributed by atoms with Crippen LogP contribution in [-0.4, -0.2) is 31.7 Å². The Labute approximate surface area is 178 Å². The SMILES string of the molecule is Cc1c(C(=O)Nc2ccc(F)c(Cl)c2)oc2ccc(S(=O)(=O)N3CCCCC3)cc12. The van der Waals surface area contributed by atoms with E-state index in [4.69, 9.17) is 16.0 Å². The van der Waals surface area contributed by atoms with Crippen molar-refractivity contribution in [1.29, 1.82) is 0 Å². The van der Waals surface area contributed by atoms with E-state index >= 15 is 0 Å². The molecule has 2 heterocycles. The molecule has 1 aliphatic rings. The summed E-state index contributed by atoms with van der Waals surface area (Å²) < 4.78 is 46.4. The maximum atomic E-state index is 13.3. The van der Waals surface area contributed by atoms with Crippen LogP contribution in [0.15, 0.2) is 45.7 Å². The van der Waals surface area contributed by atoms with Crippen LogP contribution in [0.1, 0.15) is 35.4 Å². The maximum Gasteiger partial charge on any atom is 0.291 e. The van der Waals surface area contributed by atoms with Gasteiger partial charge in [0.15, 0.2) is 5.76 Å². The molecule has 30 heavy (non-hydrogen) atoms. The van der Waals surface area contributed by atoms with E-state index in [0.717, 1.165) is 25.3 Å². The number of nitrogens with zero attached hydrogens (tertiary/aromatic N) is 1. The van der Waals surface area contributed by atoms with Crippen LogP contribution in [0.2, 0.25) is 5.02 Å². The summed E-state index contributed by atoms with van der Waals surface area (Å²) in [6.07, 6.45) is 2.73. The zero-order chi connectivity index (χ0) is 21.5. The third kappa shape index (κ3) is 3.82. The summed E-state index contributed by atoms with van der Waals surface area (Å²) >= 11 is 5.75. The van der Waals surface area contributed by atoms with Crippen molar-refractivity contribution >= 4 is 44.2 Å². The zero-order valence-electron chi connectivity index (χ0n) is 16.2. The van der Waals surface area contributed by atoms with Gasteiger partial charge in [0, 0.05) is 29.7 Å². The Hall–Kier alpha value is -2.42. The molecule has 0 aliphatic carbocycles. The third-order valence-corrected chi connectivity index (χ3v) is 7.43. The molecular weight excluding hydrogens is 431 g/mol. The van der Waals surface area contributed by atoms with Gasteiger partial charge in [-0.1, -0.05) is 18.0 Å². The standard InChI is InChI=1S/C21H20ClFN2O4S/c1-13-16-12-15(30(27,28)25-9-3-2-4-10-25)6-8-19(16)29-20(13)21(26)24-14-5-7-18(23)17(22)11-14/h5-8,11-12H,2-4,9-10H2,1H3,(H,24,26). The van der Waals surface area contributed by atoms with Crippen LogP contribution < -0.4 is 5.32 Å². The molecule has 0 bridgehead atoms. The number of carbonyl (C=O) groups excluding carboxylic acids is 1. The number of halogens is 2. The van der Waals surface area contributed by atoms with Crippen molar-refractivity contribution in [1.82, 2.24) is 4.31 Å². The molecule has 1 amide bonds. The number of piperidine rings is 1. The first kappa shape index (κ1) is 20.8. The van der Waals surface area contributed by atoms with Gasteiger partial charge < -0.3 is 9.73 Å². The van der Waals surface area contributed by atoms with E-state index < -0.39 is 21.7 Å². The summed E-state index contributed by atoms with van der Waals surface area (Å²) in [7, 11) is -3.60. The first-order valence-corrected chi connectivity index (χ1v) is 11.4. The summed E-state index contributed by atoms with van der Waals surface area (Å²) in [5, 5.41) is 3.06. The Kier molecular flexibility index (Phi) is 5.57. The van der Waals surface area contributed by atoms with Gasteiger partial charge in [0.25, 0.3) is 5.91 Å². The van der Waals surface area contributed by atoms with Gasteiger partial charge in [-0.15, -0.1) is 0 Å². The second-order valence-electron chi connectivity index (χ2n) is 7.26. The molecule has 4 rings (SSSR count). The minimum Gasteiger partial charge on any atom is -0.451 e. The number of carbonyl (C=O) groups is 1. The van der Waals surface area contributed by atoms with Crippen molar-refractivity contribution in [3.05, 3.63) is 58.6 Å². The molecule has 6 nitrogen and oxygen atoms in total. The van der Waals surface area contributed by atoms with Crippen LogP contribution in [0, 0.1) is 12.7 Å². The van der Waals surface area contributed by atoms with Crippen molar-refractivity contribution in [3.63, 3.8) is 0 Å². The number of rotatable bonds is 4. The first-order valence-electron chi connectivity index (χ1n) is 9.57. The summed E-state index contributed by atoms with van der Waals surface area (Å²) in [6.45, 7) is 2.72. The number of hydrogen-bond donors (Lipinski definition) is 1. The zero-order valence-corrected chi connectivity index (χ0v) is 17.8. The Balaban J connectivity index is 1.65. The van der Waals surface area contributed by atoms with E-state index in [1.54, 1.807) is 19.1 Å². The molecule has 0 unspecified atom stereocenters. The van der Waals surface area contributed by atoms with Gasteiger partial charge in [0.1, 0.15) is 11.4 Å². The van der Waals surface area contributed by atoms with Crippen molar-refractivity contribution in [2.75, 3.05) is 18.4 Å². The summed E-state index contributed by atoms with van der Waals surface area (Å²) in [6, 6.07) is 8.45. The van der Waals surface area contributed by atoms with E-state index in [1.165, 1.54) is 22.5 Å². The lowest BCUT2D eigenvalue weighted by Crippen LogP contribution is -2.35. The first-order chi connectivity index (χ1) is 14.3. The molecule has 0 radical (unpaired) electrons. The molecule has 9 heteroatoms. The number of amides is 1. The molecule has 0 spiro atoms. The second kappa shape index (κ2) is 8.02. The summed E-state index contributed by atoms with van der Waals surface area (Å²) in [5.41, 5.74) is 1.25. The predicted molar refractivity (Wildman–Crippen MR) is 113 cm³/mol. The van der Waals surface area contributed by atoms with Crippen molar-refractivity contribution in [2.24, 2.45) is 0 Å². The van der Waals surface area contributed by atoms with Gasteiger partial charge in [-0.05, 0) is 56.2 Å². The smallest absolute Gasteiger partial charge is 0.291 e. The van der Waals surface area contributed by atoms with Crippen LogP contribution in [0.25, 0.3) is 11.0 Å². The highest BCUT2D eigenvalue weighted by molar-refractivity contribution is 7.89. The molecule has 0 atom stereocenters. The van der Waals surface area contributed by atoms with E-state index in [1.807, 2.05) is 0 Å². The highest BCUT2D eigenvalue weighted by Gasteiger charge is 2.27. The van der Waals surface area contributed by atoms with E-state index in [2.05, 4.69) is 5.32 Å². The third-order valence-electron chi connectivity index (χ3n) is 5.24. The lowest BCUT2D eigenvalue weighted by atomic mass is 10.1. The molecule has 1 saturated heterocycles. The second-order valence-corrected chi connectivity index (χ2v) is 9.61. The van der Waals surface area contributed by atoms with Gasteiger partial charge >= 0.3 is 0 Å². The van der Waals surface area contributed by atoms with Crippen molar-refractivity contribution < 1.29 is 22.0 Å². The number of furan rings is 1. The van der Waals surface area contributed by atoms with Gasteiger partial charge in [-0.3, -0.25) is 4.79 Å². The maximum absolute atomic E-state index is 13.3. The fourth-order valence-electron chi connectivity index (χ4n) is 3.59. The molecule has 1 aliphatic heterocycles. The van der Waals surface area contributed by atoms with Crippen LogP contribution in [0.5, 0.6) is 0 Å². The number of sulfonamides is 1. The highest BCUT2D eigenvalue weighted by Crippen LogP contribution is 2.30. The largest absolute Gasteiger partial charge is 0.451 e. The van der Waals surface area contributed by atoms with Gasteiger partial charge in [-0.25, -0.2) is 12.8 Å². The Bertz CT molecular complexity index is 1230. The van der Waals surface area contributed by atoms with Crippen LogP contribution in [-0.2, 0) is 10.0 Å². The predicted octanol–water partition coefficient (Wildman–Crippen LogP) is 4.96. The van der Waals surface area contributed by atoms with E-state index in [-0.39, 0.29) is 15.7 Å². The monoisotopic (exact) mass is 450 g/mol. The van der Waals surface area contributed by atoms with Crippen LogP contribution in [0.4, 0.5) is 10.1 Å². The van der Waals surface area contributed by atoms with Crippen molar-refractivity contribution in [2.45, 2.75) is 31.1 Å². The number of benzene rings is 2. The molecule has 1 N–H and O–H groups in total. The van der Waals surface area contributed by atoms with E-state index in [9.17, 15) is 17.6 Å². The minimum atomic E-state index is -3.60. The van der Waals surface area contributed by atoms with Gasteiger partial charge in [-0.2, -0.15) is 4.31 Å². The highest BCUT2D eigenvalue weighted by atomic mass is 35.5. The summed E-state index contributed by atoms with van der Waals surface area (Å²) in [5.74, 6) is -1.07. The Morgan fingerprint density at radius 1 is 1.13 bits per heavy atom. The average Bonchev–Trinajstić information content (AvgIpc) is 3.07. The minimum absolute atomic E-state index is 0.0537. The van der Waals surface area contributed by atoms with Crippen LogP contribution >= 0.6 is 11.6 Å². The molecule has 2 aromatic carbocycles. The Morgan fingerprint density at radius 3 is 2.57 bits per heavy atom. The molecule has 1 aromatic heterocycles. The lowest BCUT2D eigenvalue weighted by Gasteiger charge is -2.25. The van der Waals surface area contributed by atoms with Crippen molar-refractivity contribution in [3.8, 4) is 0 Å². The normalized spacial score (nSPS) is 15.4. The Morgan fingerprint density at radius 2 is 1.87 bits per heavy atom. The van der Waals surface area contributed by atoms with Crippen LogP contribution in [0.3, 0.4) is 0 Å². The molecule has 3 aromatic rings. The van der Waals surface area contributed by atoms with Gasteiger partial charge in [0.2, 0.25) is 10.0 Å². The molecular formula is C21H20ClFN2O4S. The fourth-order valence-corrected chi connectivity index (χ4v) is 5.32. The quantitative estimate of drug-likeness (QED) is 0.609. The lowest BCUT2D eigenvalue weighted by molar-refractivity contribution is 0.0998. The molecule has 158 valence electrons. The van der Waals surface area contributed by atoms with Gasteiger partial charge in [0.05, 0.1) is 9.92 Å². The number of anilines is 1. The number of fused-ring (bicyclic) bond motifs is 1. The molecule has 0 saturated carbocycles. The number of hydrogen-bond acceptors (Lipinski definition) is 4. The summed E-state index contributed by atoms with van der Waals surface area (Å²) in [4.78, 5) is 12.8. The number of aryl methyl sites for hydroxylation is 1. The average molecular weight is 451 g/mol. The number of nitrogens with one attached hydrogen (secondary N) is 1.